The van der Waals surface area contributed by atoms with Crippen molar-refractivity contribution in [2.45, 2.75) is 36.6 Å². The van der Waals surface area contributed by atoms with Crippen LogP contribution in [0.3, 0.4) is 0 Å². The number of nitrogens with one attached hydrogen (secondary N) is 1. The van der Waals surface area contributed by atoms with Crippen LogP contribution in [0.1, 0.15) is 40.9 Å². The number of thioether (sulfide) groups is 1. The molecule has 27 heavy (non-hydrogen) atoms. The lowest BCUT2D eigenvalue weighted by Gasteiger charge is -2.37. The van der Waals surface area contributed by atoms with E-state index in [2.05, 4.69) is 5.32 Å². The number of fused-ring (bicyclic) bond motifs is 1. The van der Waals surface area contributed by atoms with Crippen LogP contribution >= 0.6 is 11.8 Å². The van der Waals surface area contributed by atoms with Gasteiger partial charge in [0.1, 0.15) is 11.5 Å². The molecular weight excluding hydrogens is 374 g/mol. The smallest absolute Gasteiger partial charge is 0.284 e. The zero-order chi connectivity index (χ0) is 18.8. The predicted octanol–water partition coefficient (Wildman–Crippen LogP) is 4.48. The van der Waals surface area contributed by atoms with Crippen molar-refractivity contribution >= 4 is 23.4 Å². The van der Waals surface area contributed by atoms with Gasteiger partial charge in [-0.2, -0.15) is 8.78 Å². The van der Waals surface area contributed by atoms with Gasteiger partial charge >= 0.3 is 0 Å². The molecule has 0 spiro atoms. The van der Waals surface area contributed by atoms with Crippen molar-refractivity contribution in [3.8, 4) is 0 Å². The van der Waals surface area contributed by atoms with E-state index in [1.807, 2.05) is 18.2 Å². The maximum atomic E-state index is 13.1. The molecule has 2 aromatic rings. The molecule has 1 aromatic carbocycles. The Morgan fingerprint density at radius 2 is 2.11 bits per heavy atom. The van der Waals surface area contributed by atoms with Crippen molar-refractivity contribution in [1.29, 1.82) is 0 Å². The number of ether oxygens (including phenoxy) is 1. The Kier molecular flexibility index (Phi) is 5.36. The zero-order valence-corrected chi connectivity index (χ0v) is 15.4. The van der Waals surface area contributed by atoms with Gasteiger partial charge in [-0.05, 0) is 37.1 Å². The minimum Gasteiger partial charge on any atom is -0.461 e. The molecule has 2 aliphatic heterocycles. The van der Waals surface area contributed by atoms with E-state index in [9.17, 15) is 13.6 Å². The van der Waals surface area contributed by atoms with E-state index in [1.54, 1.807) is 23.1 Å². The second kappa shape index (κ2) is 7.90. The summed E-state index contributed by atoms with van der Waals surface area (Å²) in [5.41, 5.74) is 1.34. The number of furan rings is 1. The standard InChI is InChI=1S/C19H20F2N2O3S/c20-19(21)27-11-13-7-8-16(26-13)17-22-15-6-2-1-5-14(15)18(24)23(17)10-12-4-3-9-25-12/h1-2,5-8,12,17,19,22H,3-4,9-11H2/t12-,17+/m1/s1. The van der Waals surface area contributed by atoms with E-state index in [1.165, 1.54) is 0 Å². The molecule has 1 amide bonds. The third kappa shape index (κ3) is 3.96. The number of carbonyl (C=O) groups is 1. The van der Waals surface area contributed by atoms with Gasteiger partial charge in [0, 0.05) is 18.8 Å². The first kappa shape index (κ1) is 18.3. The first-order valence-electron chi connectivity index (χ1n) is 8.88. The van der Waals surface area contributed by atoms with Crippen LogP contribution in [0.25, 0.3) is 0 Å². The maximum absolute atomic E-state index is 13.1. The van der Waals surface area contributed by atoms with Crippen molar-refractivity contribution in [2.24, 2.45) is 0 Å². The largest absolute Gasteiger partial charge is 0.461 e. The van der Waals surface area contributed by atoms with Crippen LogP contribution in [-0.2, 0) is 10.5 Å². The zero-order valence-electron chi connectivity index (χ0n) is 14.6. The van der Waals surface area contributed by atoms with Gasteiger partial charge in [-0.15, -0.1) is 0 Å². The average Bonchev–Trinajstić information content (AvgIpc) is 3.34. The Labute approximate surface area is 160 Å². The molecule has 2 atom stereocenters. The summed E-state index contributed by atoms with van der Waals surface area (Å²) in [7, 11) is 0. The van der Waals surface area contributed by atoms with Crippen molar-refractivity contribution in [3.63, 3.8) is 0 Å². The quantitative estimate of drug-likeness (QED) is 0.783. The van der Waals surface area contributed by atoms with Gasteiger partial charge in [0.15, 0.2) is 6.17 Å². The molecule has 2 aliphatic rings. The highest BCUT2D eigenvalue weighted by atomic mass is 32.2. The van der Waals surface area contributed by atoms with Crippen LogP contribution in [0.15, 0.2) is 40.8 Å². The molecule has 1 N–H and O–H groups in total. The normalized spacial score (nSPS) is 22.2. The lowest BCUT2D eigenvalue weighted by atomic mass is 10.1. The second-order valence-corrected chi connectivity index (χ2v) is 7.54. The number of hydrogen-bond donors (Lipinski definition) is 1. The molecule has 0 radical (unpaired) electrons. The number of halogens is 2. The topological polar surface area (TPSA) is 54.7 Å². The molecule has 144 valence electrons. The molecular formula is C19H20F2N2O3S. The van der Waals surface area contributed by atoms with Crippen LogP contribution in [0, 0.1) is 0 Å². The minimum absolute atomic E-state index is 0.00710. The number of para-hydroxylation sites is 1. The van der Waals surface area contributed by atoms with Crippen molar-refractivity contribution in [2.75, 3.05) is 18.5 Å². The average molecular weight is 394 g/mol. The van der Waals surface area contributed by atoms with Crippen molar-refractivity contribution in [1.82, 2.24) is 4.90 Å². The summed E-state index contributed by atoms with van der Waals surface area (Å²) in [6.07, 6.45) is 1.39. The fourth-order valence-corrected chi connectivity index (χ4v) is 3.92. The summed E-state index contributed by atoms with van der Waals surface area (Å²) in [5.74, 6) is -1.47. The number of anilines is 1. The molecule has 5 nitrogen and oxygen atoms in total. The fourth-order valence-electron chi connectivity index (χ4n) is 3.48. The summed E-state index contributed by atoms with van der Waals surface area (Å²) >= 11 is 0.512. The monoisotopic (exact) mass is 394 g/mol. The van der Waals surface area contributed by atoms with Crippen LogP contribution in [0.2, 0.25) is 0 Å². The number of carbonyl (C=O) groups excluding carboxylic acids is 1. The van der Waals surface area contributed by atoms with E-state index < -0.39 is 11.9 Å². The third-order valence-corrected chi connectivity index (χ3v) is 5.45. The Morgan fingerprint density at radius 3 is 2.89 bits per heavy atom. The van der Waals surface area contributed by atoms with Crippen LogP contribution in [0.5, 0.6) is 0 Å². The lowest BCUT2D eigenvalue weighted by Crippen LogP contribution is -2.46. The molecule has 0 unspecified atom stereocenters. The number of rotatable bonds is 6. The number of nitrogens with zero attached hydrogens (tertiary/aromatic N) is 1. The van der Waals surface area contributed by atoms with Gasteiger partial charge in [0.05, 0.1) is 17.4 Å². The number of hydrogen-bond acceptors (Lipinski definition) is 5. The number of benzene rings is 1. The summed E-state index contributed by atoms with van der Waals surface area (Å²) in [4.78, 5) is 14.8. The van der Waals surface area contributed by atoms with Crippen LogP contribution in [-0.4, -0.2) is 35.8 Å². The molecule has 1 fully saturated rings. The third-order valence-electron chi connectivity index (χ3n) is 4.75. The van der Waals surface area contributed by atoms with Gasteiger partial charge < -0.3 is 19.4 Å². The van der Waals surface area contributed by atoms with Crippen LogP contribution in [0.4, 0.5) is 14.5 Å². The molecule has 0 aliphatic carbocycles. The Morgan fingerprint density at radius 1 is 1.26 bits per heavy atom. The summed E-state index contributed by atoms with van der Waals surface area (Å²) in [5, 5.41) is 3.35. The van der Waals surface area contributed by atoms with Crippen molar-refractivity contribution in [3.05, 3.63) is 53.5 Å². The van der Waals surface area contributed by atoms with Gasteiger partial charge in [0.25, 0.3) is 11.7 Å². The van der Waals surface area contributed by atoms with Gasteiger partial charge in [0.2, 0.25) is 0 Å². The molecule has 8 heteroatoms. The molecule has 0 bridgehead atoms. The van der Waals surface area contributed by atoms with Crippen LogP contribution < -0.4 is 5.32 Å². The van der Waals surface area contributed by atoms with E-state index >= 15 is 0 Å². The Bertz CT molecular complexity index is 808. The minimum atomic E-state index is -2.45. The number of amides is 1. The highest BCUT2D eigenvalue weighted by Gasteiger charge is 2.36. The van der Waals surface area contributed by atoms with Gasteiger partial charge in [-0.3, -0.25) is 4.79 Å². The Balaban J connectivity index is 1.60. The van der Waals surface area contributed by atoms with E-state index in [4.69, 9.17) is 9.15 Å². The lowest BCUT2D eigenvalue weighted by molar-refractivity contribution is 0.0401. The SMILES string of the molecule is O=C1c2ccccc2N[C@H](c2ccc(CSC(F)F)o2)N1C[C@H]1CCCO1. The Hall–Kier alpha value is -2.06. The first-order valence-corrected chi connectivity index (χ1v) is 9.93. The van der Waals surface area contributed by atoms with E-state index in [0.717, 1.165) is 18.5 Å². The first-order chi connectivity index (χ1) is 13.1. The predicted molar refractivity (Wildman–Crippen MR) is 98.8 cm³/mol. The van der Waals surface area contributed by atoms with Gasteiger partial charge in [-0.25, -0.2) is 0 Å². The maximum Gasteiger partial charge on any atom is 0.284 e. The highest BCUT2D eigenvalue weighted by molar-refractivity contribution is 7.98. The summed E-state index contributed by atoms with van der Waals surface area (Å²) < 4.78 is 36.3. The molecule has 1 saturated heterocycles. The molecule has 1 aromatic heterocycles. The molecule has 4 rings (SSSR count). The number of alkyl halides is 2. The molecule has 3 heterocycles. The fraction of sp³-hybridized carbons (Fsp3) is 0.421. The summed E-state index contributed by atoms with van der Waals surface area (Å²) in [6.45, 7) is 1.16. The summed E-state index contributed by atoms with van der Waals surface area (Å²) in [6, 6.07) is 10.7. The van der Waals surface area contributed by atoms with E-state index in [0.29, 0.717) is 42.0 Å². The highest BCUT2D eigenvalue weighted by Crippen LogP contribution is 2.35. The second-order valence-electron chi connectivity index (χ2n) is 6.56. The van der Waals surface area contributed by atoms with Crippen molar-refractivity contribution < 1.29 is 22.7 Å². The van der Waals surface area contributed by atoms with E-state index in [-0.39, 0.29) is 17.8 Å². The molecule has 0 saturated carbocycles. The van der Waals surface area contributed by atoms with Gasteiger partial charge in [-0.1, -0.05) is 23.9 Å².